The van der Waals surface area contributed by atoms with Crippen molar-refractivity contribution >= 4 is 14.4 Å². The second kappa shape index (κ2) is 5.99. The zero-order valence-electron chi connectivity index (χ0n) is 8.95. The third-order valence-corrected chi connectivity index (χ3v) is 2.26. The van der Waals surface area contributed by atoms with Crippen LogP contribution in [-0.2, 0) is 9.19 Å². The fourth-order valence-electron chi connectivity index (χ4n) is 1.28. The standard InChI is InChI=1S/C12H11NO3P/c14-17-16-13(11-7-3-1-4-8-11)15-12-9-5-2-6-10-12/h1-10,17H/q+1. The van der Waals surface area contributed by atoms with Gasteiger partial charge in [0.2, 0.25) is 0 Å². The van der Waals surface area contributed by atoms with Crippen molar-refractivity contribution in [1.29, 1.82) is 0 Å². The third kappa shape index (κ3) is 3.28. The van der Waals surface area contributed by atoms with Gasteiger partial charge in [0.15, 0.2) is 5.75 Å². The SMILES string of the molecule is O=[PH+]ON(Oc1ccccc1)c1ccccc1. The summed E-state index contributed by atoms with van der Waals surface area (Å²) in [6.07, 6.45) is 0. The van der Waals surface area contributed by atoms with E-state index < -0.39 is 8.69 Å². The lowest BCUT2D eigenvalue weighted by Gasteiger charge is -2.15. The average Bonchev–Trinajstić information content (AvgIpc) is 2.40. The van der Waals surface area contributed by atoms with E-state index in [0.29, 0.717) is 11.4 Å². The van der Waals surface area contributed by atoms with E-state index >= 15 is 0 Å². The number of hydrogen-bond acceptors (Lipinski definition) is 4. The first kappa shape index (κ1) is 11.6. The summed E-state index contributed by atoms with van der Waals surface area (Å²) in [6, 6.07) is 18.3. The maximum atomic E-state index is 10.6. The van der Waals surface area contributed by atoms with Crippen LogP contribution in [0.4, 0.5) is 5.69 Å². The molecule has 0 spiro atoms. The van der Waals surface area contributed by atoms with Gasteiger partial charge in [0.1, 0.15) is 5.69 Å². The molecule has 0 aliphatic rings. The molecule has 0 amide bonds. The molecule has 2 rings (SSSR count). The van der Waals surface area contributed by atoms with Crippen LogP contribution in [0.2, 0.25) is 0 Å². The Bertz CT molecular complexity index is 464. The number of hydrogen-bond donors (Lipinski definition) is 0. The van der Waals surface area contributed by atoms with Crippen LogP contribution in [0, 0.1) is 0 Å². The fraction of sp³-hybridized carbons (Fsp3) is 0. The summed E-state index contributed by atoms with van der Waals surface area (Å²) < 4.78 is 15.5. The van der Waals surface area contributed by atoms with Crippen molar-refractivity contribution in [2.45, 2.75) is 0 Å². The van der Waals surface area contributed by atoms with Crippen LogP contribution in [0.25, 0.3) is 0 Å². The molecule has 0 saturated carbocycles. The predicted molar refractivity (Wildman–Crippen MR) is 66.1 cm³/mol. The highest BCUT2D eigenvalue weighted by atomic mass is 31.1. The minimum Gasteiger partial charge on any atom is -0.350 e. The van der Waals surface area contributed by atoms with E-state index in [1.807, 2.05) is 36.4 Å². The van der Waals surface area contributed by atoms with E-state index in [9.17, 15) is 4.57 Å². The van der Waals surface area contributed by atoms with Gasteiger partial charge in [0, 0.05) is 4.62 Å². The molecule has 4 nitrogen and oxygen atoms in total. The summed E-state index contributed by atoms with van der Waals surface area (Å²) in [7, 11) is -0.934. The van der Waals surface area contributed by atoms with Gasteiger partial charge in [-0.15, -0.1) is 0 Å². The number of para-hydroxylation sites is 2. The van der Waals surface area contributed by atoms with Crippen LogP contribution in [0.15, 0.2) is 60.7 Å². The Morgan fingerprint density at radius 2 is 1.47 bits per heavy atom. The van der Waals surface area contributed by atoms with Crippen LogP contribution >= 0.6 is 8.69 Å². The van der Waals surface area contributed by atoms with E-state index in [4.69, 9.17) is 9.46 Å². The smallest absolute Gasteiger partial charge is 0.350 e. The Morgan fingerprint density at radius 3 is 2.06 bits per heavy atom. The normalized spacial score (nSPS) is 10.1. The van der Waals surface area contributed by atoms with Crippen LogP contribution in [0.1, 0.15) is 0 Å². The molecule has 0 aliphatic heterocycles. The molecule has 2 aromatic carbocycles. The maximum absolute atomic E-state index is 10.6. The summed E-state index contributed by atoms with van der Waals surface area (Å²) in [6.45, 7) is 0. The van der Waals surface area contributed by atoms with Gasteiger partial charge in [0.25, 0.3) is 0 Å². The monoisotopic (exact) mass is 248 g/mol. The molecule has 0 heterocycles. The van der Waals surface area contributed by atoms with E-state index in [2.05, 4.69) is 0 Å². The number of benzene rings is 2. The Balaban J connectivity index is 2.16. The molecule has 0 saturated heterocycles. The van der Waals surface area contributed by atoms with E-state index in [1.165, 1.54) is 0 Å². The Kier molecular flexibility index (Phi) is 4.08. The highest BCUT2D eigenvalue weighted by Crippen LogP contribution is 2.20. The quantitative estimate of drug-likeness (QED) is 0.600. The van der Waals surface area contributed by atoms with Gasteiger partial charge >= 0.3 is 8.69 Å². The molecule has 1 atom stereocenters. The lowest BCUT2D eigenvalue weighted by Crippen LogP contribution is -2.23. The average molecular weight is 248 g/mol. The van der Waals surface area contributed by atoms with Gasteiger partial charge < -0.3 is 4.84 Å². The van der Waals surface area contributed by atoms with Gasteiger partial charge in [-0.1, -0.05) is 36.4 Å². The summed E-state index contributed by atoms with van der Waals surface area (Å²) in [4.78, 5) is 5.46. The highest BCUT2D eigenvalue weighted by molar-refractivity contribution is 7.17. The Hall–Kier alpha value is -1.90. The first-order chi connectivity index (χ1) is 8.40. The number of rotatable bonds is 5. The molecular formula is C12H11NO3P+. The molecule has 5 heteroatoms. The van der Waals surface area contributed by atoms with Crippen molar-refractivity contribution in [3.63, 3.8) is 0 Å². The van der Waals surface area contributed by atoms with Crippen molar-refractivity contribution in [1.82, 2.24) is 0 Å². The lowest BCUT2D eigenvalue weighted by molar-refractivity contribution is 0.0853. The van der Waals surface area contributed by atoms with Gasteiger partial charge in [-0.05, 0) is 34.1 Å². The Morgan fingerprint density at radius 1 is 0.882 bits per heavy atom. The van der Waals surface area contributed by atoms with E-state index in [-0.39, 0.29) is 0 Å². The van der Waals surface area contributed by atoms with Crippen LogP contribution < -0.4 is 10.1 Å². The minimum atomic E-state index is -0.934. The lowest BCUT2D eigenvalue weighted by atomic mass is 10.3. The largest absolute Gasteiger partial charge is 0.521 e. The molecule has 17 heavy (non-hydrogen) atoms. The van der Waals surface area contributed by atoms with Gasteiger partial charge in [-0.3, -0.25) is 0 Å². The van der Waals surface area contributed by atoms with Crippen molar-refractivity contribution in [3.05, 3.63) is 60.7 Å². The van der Waals surface area contributed by atoms with Crippen molar-refractivity contribution < 1.29 is 14.0 Å². The maximum Gasteiger partial charge on any atom is 0.521 e. The second-order valence-electron chi connectivity index (χ2n) is 3.17. The van der Waals surface area contributed by atoms with Crippen LogP contribution in [0.3, 0.4) is 0 Å². The zero-order valence-corrected chi connectivity index (χ0v) is 9.95. The number of anilines is 1. The third-order valence-electron chi connectivity index (χ3n) is 2.02. The number of nitrogens with zero attached hydrogens (tertiary/aromatic N) is 1. The van der Waals surface area contributed by atoms with Gasteiger partial charge in [0.05, 0.1) is 0 Å². The molecule has 0 bridgehead atoms. The molecule has 0 fully saturated rings. The highest BCUT2D eigenvalue weighted by Gasteiger charge is 2.13. The molecular weight excluding hydrogens is 237 g/mol. The molecule has 0 aliphatic carbocycles. The molecule has 0 aromatic heterocycles. The zero-order chi connectivity index (χ0) is 11.9. The van der Waals surface area contributed by atoms with E-state index in [1.54, 1.807) is 24.3 Å². The summed E-state index contributed by atoms with van der Waals surface area (Å²) >= 11 is 0. The second-order valence-corrected chi connectivity index (χ2v) is 3.52. The Labute approximate surface area is 101 Å². The predicted octanol–water partition coefficient (Wildman–Crippen LogP) is 3.36. The summed E-state index contributed by atoms with van der Waals surface area (Å²) in [5, 5.41) is 1.13. The van der Waals surface area contributed by atoms with Crippen molar-refractivity contribution in [3.8, 4) is 5.75 Å². The van der Waals surface area contributed by atoms with Crippen LogP contribution in [-0.4, -0.2) is 0 Å². The molecule has 0 N–H and O–H groups in total. The first-order valence-corrected chi connectivity index (χ1v) is 5.84. The van der Waals surface area contributed by atoms with Crippen molar-refractivity contribution in [2.75, 3.05) is 5.23 Å². The van der Waals surface area contributed by atoms with E-state index in [0.717, 1.165) is 5.23 Å². The molecule has 0 radical (unpaired) electrons. The first-order valence-electron chi connectivity index (χ1n) is 5.02. The summed E-state index contributed by atoms with van der Waals surface area (Å²) in [5.74, 6) is 0.606. The van der Waals surface area contributed by atoms with Gasteiger partial charge in [-0.2, -0.15) is 0 Å². The topological polar surface area (TPSA) is 38.8 Å². The fourth-order valence-corrected chi connectivity index (χ4v) is 1.50. The molecule has 86 valence electrons. The minimum absolute atomic E-state index is 0.606. The van der Waals surface area contributed by atoms with Crippen molar-refractivity contribution in [2.24, 2.45) is 0 Å². The summed E-state index contributed by atoms with van der Waals surface area (Å²) in [5.41, 5.74) is 0.666. The van der Waals surface area contributed by atoms with Gasteiger partial charge in [-0.25, -0.2) is 0 Å². The molecule has 2 aromatic rings. The van der Waals surface area contributed by atoms with Crippen LogP contribution in [0.5, 0.6) is 5.75 Å². The molecule has 1 unspecified atom stereocenters.